The van der Waals surface area contributed by atoms with Crippen molar-refractivity contribution >= 4 is 34.0 Å². The van der Waals surface area contributed by atoms with Crippen LogP contribution in [0, 0.1) is 0 Å². The number of amides is 1. The van der Waals surface area contributed by atoms with Crippen molar-refractivity contribution in [1.29, 1.82) is 0 Å². The standard InChI is InChI=1S/C30H30F3N7O3/c1-29(2,3)43-28(42)39-13-7-8-17(16-39)36-26-35-15-21(30(31,32)33)23(38-26)20-14-34-24-19(20)11-12-22-25(24)40(27(41)37-22)18-9-5-4-6-10-18/h4-6,9-12,14-15,17,34H,7-8,13,16H2,1-3H3,(H,37,41)(H,35,36,38)/t17-/m0/s1. The molecule has 0 spiro atoms. The third-order valence-corrected chi connectivity index (χ3v) is 7.27. The van der Waals surface area contributed by atoms with Crippen molar-refractivity contribution in [2.24, 2.45) is 0 Å². The maximum Gasteiger partial charge on any atom is 0.419 e. The Morgan fingerprint density at radius 3 is 2.60 bits per heavy atom. The number of nitrogens with zero attached hydrogens (tertiary/aromatic N) is 4. The number of aromatic nitrogens is 5. The Bertz CT molecular complexity index is 1870. The lowest BCUT2D eigenvalue weighted by Crippen LogP contribution is -2.47. The minimum atomic E-state index is -4.72. The number of piperidine rings is 1. The zero-order valence-electron chi connectivity index (χ0n) is 23.7. The number of halogens is 3. The Morgan fingerprint density at radius 2 is 1.88 bits per heavy atom. The predicted molar refractivity (Wildman–Crippen MR) is 156 cm³/mol. The number of alkyl halides is 3. The van der Waals surface area contributed by atoms with E-state index >= 15 is 0 Å². The number of carbonyl (C=O) groups excluding carboxylic acids is 1. The molecule has 6 rings (SSSR count). The van der Waals surface area contributed by atoms with Crippen molar-refractivity contribution in [1.82, 2.24) is 29.4 Å². The van der Waals surface area contributed by atoms with Gasteiger partial charge in [-0.25, -0.2) is 19.6 Å². The van der Waals surface area contributed by atoms with Gasteiger partial charge in [-0.15, -0.1) is 0 Å². The number of para-hydroxylation sites is 1. The SMILES string of the molecule is CC(C)(C)OC(=O)N1CCC[C@H](Nc2ncc(C(F)(F)F)c(-c3c[nH]c4c3ccc3[nH]c(=O)n(-c5ccccc5)c34)n2)C1. The number of imidazole rings is 1. The van der Waals surface area contributed by atoms with Crippen LogP contribution in [-0.2, 0) is 10.9 Å². The molecule has 0 aliphatic carbocycles. The maximum atomic E-state index is 14.2. The molecule has 224 valence electrons. The van der Waals surface area contributed by atoms with E-state index in [4.69, 9.17) is 4.74 Å². The van der Waals surface area contributed by atoms with Crippen molar-refractivity contribution in [3.05, 3.63) is 70.9 Å². The van der Waals surface area contributed by atoms with Crippen LogP contribution >= 0.6 is 0 Å². The first kappa shape index (κ1) is 28.3. The van der Waals surface area contributed by atoms with Crippen LogP contribution in [0.25, 0.3) is 38.9 Å². The summed E-state index contributed by atoms with van der Waals surface area (Å²) in [5.74, 6) is 0.0114. The first-order chi connectivity index (χ1) is 20.4. The summed E-state index contributed by atoms with van der Waals surface area (Å²) in [7, 11) is 0. The molecular weight excluding hydrogens is 563 g/mol. The number of anilines is 1. The van der Waals surface area contributed by atoms with Gasteiger partial charge >= 0.3 is 18.0 Å². The van der Waals surface area contributed by atoms with Gasteiger partial charge in [-0.3, -0.25) is 4.57 Å². The van der Waals surface area contributed by atoms with Gasteiger partial charge in [-0.05, 0) is 57.9 Å². The van der Waals surface area contributed by atoms with Gasteiger partial charge in [0.15, 0.2) is 0 Å². The molecule has 3 aromatic heterocycles. The fourth-order valence-electron chi connectivity index (χ4n) is 5.44. The van der Waals surface area contributed by atoms with Gasteiger partial charge < -0.3 is 24.9 Å². The van der Waals surface area contributed by atoms with E-state index < -0.39 is 23.4 Å². The average molecular weight is 594 g/mol. The molecule has 0 bridgehead atoms. The van der Waals surface area contributed by atoms with Crippen LogP contribution in [0.15, 0.2) is 59.7 Å². The molecule has 4 heterocycles. The highest BCUT2D eigenvalue weighted by atomic mass is 19.4. The Hall–Kier alpha value is -4.81. The van der Waals surface area contributed by atoms with E-state index in [-0.39, 0.29) is 28.9 Å². The molecule has 43 heavy (non-hydrogen) atoms. The molecule has 2 aromatic carbocycles. The van der Waals surface area contributed by atoms with E-state index in [1.807, 2.05) is 6.07 Å². The lowest BCUT2D eigenvalue weighted by atomic mass is 10.0. The summed E-state index contributed by atoms with van der Waals surface area (Å²) in [6, 6.07) is 12.0. The number of H-pyrrole nitrogens is 2. The van der Waals surface area contributed by atoms with Gasteiger partial charge in [0.05, 0.1) is 27.9 Å². The molecule has 0 saturated carbocycles. The molecule has 0 unspecified atom stereocenters. The molecule has 13 heteroatoms. The van der Waals surface area contributed by atoms with Gasteiger partial charge in [-0.2, -0.15) is 13.2 Å². The molecule has 1 saturated heterocycles. The van der Waals surface area contributed by atoms with Gasteiger partial charge in [-0.1, -0.05) is 18.2 Å². The van der Waals surface area contributed by atoms with E-state index in [0.29, 0.717) is 53.6 Å². The fourth-order valence-corrected chi connectivity index (χ4v) is 5.44. The summed E-state index contributed by atoms with van der Waals surface area (Å²) in [6.07, 6.45) is -1.58. The largest absolute Gasteiger partial charge is 0.444 e. The number of hydrogen-bond donors (Lipinski definition) is 3. The van der Waals surface area contributed by atoms with Crippen molar-refractivity contribution in [2.45, 2.75) is 51.4 Å². The molecule has 5 aromatic rings. The summed E-state index contributed by atoms with van der Waals surface area (Å²) in [4.78, 5) is 41.3. The first-order valence-corrected chi connectivity index (χ1v) is 13.9. The minimum Gasteiger partial charge on any atom is -0.444 e. The van der Waals surface area contributed by atoms with Gasteiger partial charge in [0.2, 0.25) is 5.95 Å². The van der Waals surface area contributed by atoms with Crippen LogP contribution in [0.2, 0.25) is 0 Å². The molecule has 1 aliphatic heterocycles. The maximum absolute atomic E-state index is 14.2. The van der Waals surface area contributed by atoms with Gasteiger partial charge in [0.1, 0.15) is 11.2 Å². The third kappa shape index (κ3) is 5.54. The Balaban J connectivity index is 1.39. The second-order valence-corrected chi connectivity index (χ2v) is 11.6. The Morgan fingerprint density at radius 1 is 1.12 bits per heavy atom. The summed E-state index contributed by atoms with van der Waals surface area (Å²) in [6.45, 7) is 6.17. The number of hydrogen-bond acceptors (Lipinski definition) is 6. The second kappa shape index (κ2) is 10.5. The third-order valence-electron chi connectivity index (χ3n) is 7.27. The Kier molecular flexibility index (Phi) is 6.90. The summed E-state index contributed by atoms with van der Waals surface area (Å²) in [5.41, 5.74) is 0.0181. The van der Waals surface area contributed by atoms with Crippen molar-refractivity contribution in [3.63, 3.8) is 0 Å². The molecule has 0 radical (unpaired) electrons. The minimum absolute atomic E-state index is 0.0114. The number of carbonyl (C=O) groups is 1. The number of nitrogens with one attached hydrogen (secondary N) is 3. The van der Waals surface area contributed by atoms with E-state index in [1.165, 1.54) is 10.8 Å². The van der Waals surface area contributed by atoms with Crippen LogP contribution in [0.3, 0.4) is 0 Å². The number of likely N-dealkylation sites (tertiary alicyclic amines) is 1. The average Bonchev–Trinajstić information content (AvgIpc) is 3.52. The lowest BCUT2D eigenvalue weighted by molar-refractivity contribution is -0.137. The van der Waals surface area contributed by atoms with Crippen LogP contribution in [0.5, 0.6) is 0 Å². The zero-order chi connectivity index (χ0) is 30.5. The second-order valence-electron chi connectivity index (χ2n) is 11.6. The van der Waals surface area contributed by atoms with Crippen LogP contribution in [0.4, 0.5) is 23.9 Å². The summed E-state index contributed by atoms with van der Waals surface area (Å²) < 4.78 is 49.6. The van der Waals surface area contributed by atoms with Crippen LogP contribution in [-0.4, -0.2) is 60.2 Å². The highest BCUT2D eigenvalue weighted by molar-refractivity contribution is 6.08. The molecule has 1 fully saturated rings. The monoisotopic (exact) mass is 593 g/mol. The predicted octanol–water partition coefficient (Wildman–Crippen LogP) is 6.09. The zero-order valence-corrected chi connectivity index (χ0v) is 23.7. The fraction of sp³-hybridized carbons (Fsp3) is 0.333. The lowest BCUT2D eigenvalue weighted by Gasteiger charge is -2.34. The molecule has 1 atom stereocenters. The van der Waals surface area contributed by atoms with Crippen molar-refractivity contribution < 1.29 is 22.7 Å². The van der Waals surface area contributed by atoms with E-state index in [2.05, 4.69) is 25.3 Å². The van der Waals surface area contributed by atoms with E-state index in [0.717, 1.165) is 6.20 Å². The first-order valence-electron chi connectivity index (χ1n) is 13.9. The smallest absolute Gasteiger partial charge is 0.419 e. The van der Waals surface area contributed by atoms with Crippen molar-refractivity contribution in [2.75, 3.05) is 18.4 Å². The van der Waals surface area contributed by atoms with Crippen LogP contribution in [0.1, 0.15) is 39.2 Å². The highest BCUT2D eigenvalue weighted by Crippen LogP contribution is 2.40. The summed E-state index contributed by atoms with van der Waals surface area (Å²) in [5, 5.41) is 3.58. The topological polar surface area (TPSA) is 121 Å². The quantitative estimate of drug-likeness (QED) is 0.232. The number of rotatable bonds is 4. The number of aromatic amines is 2. The molecule has 3 N–H and O–H groups in total. The number of benzene rings is 2. The van der Waals surface area contributed by atoms with Crippen molar-refractivity contribution in [3.8, 4) is 16.9 Å². The molecule has 1 amide bonds. The number of fused-ring (bicyclic) bond motifs is 3. The molecule has 1 aliphatic rings. The summed E-state index contributed by atoms with van der Waals surface area (Å²) >= 11 is 0. The van der Waals surface area contributed by atoms with Gasteiger partial charge in [0, 0.05) is 42.5 Å². The van der Waals surface area contributed by atoms with E-state index in [1.54, 1.807) is 62.1 Å². The molecular formula is C30H30F3N7O3. The number of ether oxygens (including phenoxy) is 1. The normalized spacial score (nSPS) is 16.1. The Labute approximate surface area is 243 Å². The van der Waals surface area contributed by atoms with E-state index in [9.17, 15) is 22.8 Å². The highest BCUT2D eigenvalue weighted by Gasteiger charge is 2.37. The van der Waals surface area contributed by atoms with Gasteiger partial charge in [0.25, 0.3) is 0 Å². The molecule has 10 nitrogen and oxygen atoms in total. The van der Waals surface area contributed by atoms with Crippen LogP contribution < -0.4 is 11.0 Å².